The summed E-state index contributed by atoms with van der Waals surface area (Å²) in [5.41, 5.74) is 6.51. The standard InChI is InChI=1S/C11H14ClN3O/c1-15(6-9-7-16-11(13)14-9)10-4-2-3-8(12)5-10/h2-5,9H,6-7H2,1H3,(H2,13,14)/t9-/m0/s1. The van der Waals surface area contributed by atoms with Crippen LogP contribution in [0.25, 0.3) is 0 Å². The smallest absolute Gasteiger partial charge is 0.282 e. The number of hydrogen-bond acceptors (Lipinski definition) is 4. The predicted octanol–water partition coefficient (Wildman–Crippen LogP) is 1.49. The van der Waals surface area contributed by atoms with Crippen molar-refractivity contribution in [2.75, 3.05) is 25.1 Å². The van der Waals surface area contributed by atoms with Gasteiger partial charge >= 0.3 is 0 Å². The van der Waals surface area contributed by atoms with Crippen molar-refractivity contribution in [2.24, 2.45) is 10.7 Å². The van der Waals surface area contributed by atoms with E-state index >= 15 is 0 Å². The fourth-order valence-electron chi connectivity index (χ4n) is 1.66. The molecule has 2 N–H and O–H groups in total. The molecule has 1 atom stereocenters. The Hall–Kier alpha value is -1.42. The summed E-state index contributed by atoms with van der Waals surface area (Å²) in [7, 11) is 2.00. The number of benzene rings is 1. The first kappa shape index (κ1) is 11.1. The van der Waals surface area contributed by atoms with Crippen LogP contribution in [0, 0.1) is 0 Å². The molecule has 4 nitrogen and oxygen atoms in total. The van der Waals surface area contributed by atoms with Crippen molar-refractivity contribution in [2.45, 2.75) is 6.04 Å². The van der Waals surface area contributed by atoms with Gasteiger partial charge in [-0.3, -0.25) is 0 Å². The molecule has 0 unspecified atom stereocenters. The summed E-state index contributed by atoms with van der Waals surface area (Å²) in [6.07, 6.45) is 0. The van der Waals surface area contributed by atoms with Gasteiger partial charge in [0.25, 0.3) is 6.02 Å². The minimum Gasteiger partial charge on any atom is -0.463 e. The summed E-state index contributed by atoms with van der Waals surface area (Å²) in [6.45, 7) is 1.32. The van der Waals surface area contributed by atoms with Crippen molar-refractivity contribution < 1.29 is 4.74 Å². The van der Waals surface area contributed by atoms with E-state index in [0.717, 1.165) is 17.3 Å². The lowest BCUT2D eigenvalue weighted by Gasteiger charge is -2.21. The number of ether oxygens (including phenoxy) is 1. The SMILES string of the molecule is CN(C[C@H]1COC(N)=N1)c1cccc(Cl)c1. The molecule has 0 bridgehead atoms. The van der Waals surface area contributed by atoms with Crippen LogP contribution in [0.3, 0.4) is 0 Å². The van der Waals surface area contributed by atoms with E-state index in [-0.39, 0.29) is 12.1 Å². The van der Waals surface area contributed by atoms with Crippen LogP contribution in [0.1, 0.15) is 0 Å². The molecule has 2 rings (SSSR count). The molecule has 0 aliphatic carbocycles. The molecule has 0 fully saturated rings. The van der Waals surface area contributed by atoms with Gasteiger partial charge in [0.05, 0.1) is 0 Å². The Morgan fingerprint density at radius 2 is 2.44 bits per heavy atom. The first-order chi connectivity index (χ1) is 7.65. The summed E-state index contributed by atoms with van der Waals surface area (Å²) in [4.78, 5) is 6.26. The Bertz CT molecular complexity index is 408. The van der Waals surface area contributed by atoms with E-state index in [1.54, 1.807) is 0 Å². The lowest BCUT2D eigenvalue weighted by molar-refractivity contribution is 0.314. The molecule has 1 aromatic rings. The summed E-state index contributed by atoms with van der Waals surface area (Å²) >= 11 is 5.93. The molecule has 0 radical (unpaired) electrons. The zero-order valence-corrected chi connectivity index (χ0v) is 9.81. The highest BCUT2D eigenvalue weighted by Gasteiger charge is 2.18. The second kappa shape index (κ2) is 4.61. The topological polar surface area (TPSA) is 50.9 Å². The molecule has 1 aliphatic rings. The van der Waals surface area contributed by atoms with Crippen LogP contribution < -0.4 is 10.6 Å². The number of nitrogens with zero attached hydrogens (tertiary/aromatic N) is 2. The highest BCUT2D eigenvalue weighted by molar-refractivity contribution is 6.30. The second-order valence-corrected chi connectivity index (χ2v) is 4.23. The fourth-order valence-corrected chi connectivity index (χ4v) is 1.85. The van der Waals surface area contributed by atoms with Crippen molar-refractivity contribution >= 4 is 23.3 Å². The Morgan fingerprint density at radius 3 is 3.06 bits per heavy atom. The van der Waals surface area contributed by atoms with Gasteiger partial charge in [0.2, 0.25) is 0 Å². The summed E-state index contributed by atoms with van der Waals surface area (Å²) < 4.78 is 5.10. The molecule has 0 saturated carbocycles. The van der Waals surface area contributed by atoms with Crippen LogP contribution in [0.15, 0.2) is 29.3 Å². The van der Waals surface area contributed by atoms with Crippen LogP contribution in [-0.4, -0.2) is 32.3 Å². The molecule has 16 heavy (non-hydrogen) atoms. The van der Waals surface area contributed by atoms with Gasteiger partial charge in [-0.2, -0.15) is 0 Å². The second-order valence-electron chi connectivity index (χ2n) is 3.79. The average Bonchev–Trinajstić information content (AvgIpc) is 2.64. The Labute approximate surface area is 99.7 Å². The molecule has 86 valence electrons. The monoisotopic (exact) mass is 239 g/mol. The quantitative estimate of drug-likeness (QED) is 0.870. The Morgan fingerprint density at radius 1 is 1.62 bits per heavy atom. The molecule has 1 aliphatic heterocycles. The van der Waals surface area contributed by atoms with E-state index in [4.69, 9.17) is 22.1 Å². The molecular formula is C11H14ClN3O. The highest BCUT2D eigenvalue weighted by atomic mass is 35.5. The third kappa shape index (κ3) is 2.58. The van der Waals surface area contributed by atoms with Gasteiger partial charge in [0, 0.05) is 24.3 Å². The van der Waals surface area contributed by atoms with Crippen LogP contribution in [0.4, 0.5) is 5.69 Å². The number of rotatable bonds is 3. The summed E-state index contributed by atoms with van der Waals surface area (Å²) in [5, 5.41) is 0.732. The largest absolute Gasteiger partial charge is 0.463 e. The van der Waals surface area contributed by atoms with E-state index in [9.17, 15) is 0 Å². The van der Waals surface area contributed by atoms with E-state index in [2.05, 4.69) is 9.89 Å². The third-order valence-corrected chi connectivity index (χ3v) is 2.70. The first-order valence-electron chi connectivity index (χ1n) is 5.08. The zero-order valence-electron chi connectivity index (χ0n) is 9.06. The van der Waals surface area contributed by atoms with Gasteiger partial charge in [-0.25, -0.2) is 4.99 Å². The molecule has 1 aromatic carbocycles. The molecular weight excluding hydrogens is 226 g/mol. The lowest BCUT2D eigenvalue weighted by atomic mass is 10.2. The first-order valence-corrected chi connectivity index (χ1v) is 5.46. The Kier molecular flexibility index (Phi) is 3.19. The van der Waals surface area contributed by atoms with Crippen molar-refractivity contribution in [1.29, 1.82) is 0 Å². The van der Waals surface area contributed by atoms with Crippen LogP contribution in [0.2, 0.25) is 5.02 Å². The summed E-state index contributed by atoms with van der Waals surface area (Å²) in [6, 6.07) is 8.10. The number of halogens is 1. The zero-order chi connectivity index (χ0) is 11.5. The number of hydrogen-bond donors (Lipinski definition) is 1. The van der Waals surface area contributed by atoms with Crippen LogP contribution >= 0.6 is 11.6 Å². The van der Waals surface area contributed by atoms with E-state index in [1.807, 2.05) is 31.3 Å². The average molecular weight is 240 g/mol. The lowest BCUT2D eigenvalue weighted by Crippen LogP contribution is -2.28. The van der Waals surface area contributed by atoms with Gasteiger partial charge in [0.1, 0.15) is 12.6 Å². The van der Waals surface area contributed by atoms with Crippen molar-refractivity contribution in [3.8, 4) is 0 Å². The molecule has 0 amide bonds. The fraction of sp³-hybridized carbons (Fsp3) is 0.364. The summed E-state index contributed by atoms with van der Waals surface area (Å²) in [5.74, 6) is 0. The minimum atomic E-state index is 0.101. The number of nitrogens with two attached hydrogens (primary N) is 1. The van der Waals surface area contributed by atoms with Gasteiger partial charge < -0.3 is 15.4 Å². The Balaban J connectivity index is 2.00. The number of anilines is 1. The van der Waals surface area contributed by atoms with E-state index < -0.39 is 0 Å². The third-order valence-electron chi connectivity index (χ3n) is 2.47. The normalized spacial score (nSPS) is 19.1. The number of amidine groups is 1. The molecule has 0 aromatic heterocycles. The van der Waals surface area contributed by atoms with Crippen molar-refractivity contribution in [1.82, 2.24) is 0 Å². The molecule has 0 saturated heterocycles. The van der Waals surface area contributed by atoms with E-state index in [1.165, 1.54) is 0 Å². The van der Waals surface area contributed by atoms with Crippen LogP contribution in [0.5, 0.6) is 0 Å². The highest BCUT2D eigenvalue weighted by Crippen LogP contribution is 2.19. The molecule has 1 heterocycles. The maximum Gasteiger partial charge on any atom is 0.282 e. The van der Waals surface area contributed by atoms with Gasteiger partial charge in [-0.15, -0.1) is 0 Å². The predicted molar refractivity (Wildman–Crippen MR) is 66.1 cm³/mol. The van der Waals surface area contributed by atoms with Gasteiger partial charge in [0.15, 0.2) is 0 Å². The van der Waals surface area contributed by atoms with Crippen LogP contribution in [-0.2, 0) is 4.74 Å². The maximum absolute atomic E-state index is 5.93. The van der Waals surface area contributed by atoms with Gasteiger partial charge in [-0.05, 0) is 18.2 Å². The minimum absolute atomic E-state index is 0.101. The molecule has 0 spiro atoms. The maximum atomic E-state index is 5.93. The van der Waals surface area contributed by atoms with E-state index in [0.29, 0.717) is 6.61 Å². The van der Waals surface area contributed by atoms with Gasteiger partial charge in [-0.1, -0.05) is 17.7 Å². The van der Waals surface area contributed by atoms with Crippen molar-refractivity contribution in [3.63, 3.8) is 0 Å². The number of likely N-dealkylation sites (N-methyl/N-ethyl adjacent to an activating group) is 1. The molecule has 5 heteroatoms. The van der Waals surface area contributed by atoms with Crippen molar-refractivity contribution in [3.05, 3.63) is 29.3 Å². The number of aliphatic imine (C=N–C) groups is 1.